The van der Waals surface area contributed by atoms with E-state index in [9.17, 15) is 18.0 Å². The van der Waals surface area contributed by atoms with Gasteiger partial charge in [-0.25, -0.2) is 13.2 Å². The number of rotatable bonds is 8. The molecule has 3 rings (SSSR count). The Balaban J connectivity index is 1.73. The van der Waals surface area contributed by atoms with E-state index in [0.29, 0.717) is 17.5 Å². The van der Waals surface area contributed by atoms with Gasteiger partial charge in [-0.15, -0.1) is 0 Å². The van der Waals surface area contributed by atoms with E-state index in [1.54, 1.807) is 20.8 Å². The number of benzene rings is 1. The second-order valence-corrected chi connectivity index (χ2v) is 12.7. The summed E-state index contributed by atoms with van der Waals surface area (Å²) in [5, 5.41) is 2.83. The highest BCUT2D eigenvalue weighted by Crippen LogP contribution is 2.41. The van der Waals surface area contributed by atoms with Crippen LogP contribution in [0.2, 0.25) is 0 Å². The highest BCUT2D eigenvalue weighted by atomic mass is 32.2. The lowest BCUT2D eigenvalue weighted by atomic mass is 10.2. The number of alkyl carbamates (subject to hydrolysis) is 1. The van der Waals surface area contributed by atoms with Crippen molar-refractivity contribution in [1.82, 2.24) is 5.32 Å². The van der Waals surface area contributed by atoms with Crippen LogP contribution < -0.4 is 15.0 Å². The van der Waals surface area contributed by atoms with E-state index in [-0.39, 0.29) is 35.8 Å². The number of anilines is 1. The number of amides is 2. The summed E-state index contributed by atoms with van der Waals surface area (Å²) >= 11 is 1.31. The standard InChI is InChI=1S/C23H33N3O6S2/c1-5-6-12-31-17-9-7-8-16(13-17)26-18-14-34(29,30)15-19(18)33-21(26)25-20(27)10-11-24-22(28)32-23(2,3)4/h7-9,13,18-19H,5-6,10-12,14-15H2,1-4H3,(H,24,28)/t18-,19-/m0/s1. The number of unbranched alkanes of at least 4 members (excludes halogenated alkanes) is 1. The molecule has 1 aromatic carbocycles. The number of carbonyl (C=O) groups is 2. The molecule has 0 unspecified atom stereocenters. The van der Waals surface area contributed by atoms with Crippen molar-refractivity contribution in [1.29, 1.82) is 0 Å². The molecule has 0 radical (unpaired) electrons. The molecule has 0 aromatic heterocycles. The average molecular weight is 512 g/mol. The first kappa shape index (κ1) is 26.3. The van der Waals surface area contributed by atoms with Crippen molar-refractivity contribution in [2.75, 3.05) is 29.6 Å². The minimum absolute atomic E-state index is 0.00490. The van der Waals surface area contributed by atoms with Crippen LogP contribution in [0.1, 0.15) is 47.0 Å². The van der Waals surface area contributed by atoms with Gasteiger partial charge in [-0.05, 0) is 39.3 Å². The quantitative estimate of drug-likeness (QED) is 0.529. The van der Waals surface area contributed by atoms with Gasteiger partial charge in [0.25, 0.3) is 0 Å². The first-order valence-corrected chi connectivity index (χ1v) is 14.1. The van der Waals surface area contributed by atoms with Gasteiger partial charge >= 0.3 is 6.09 Å². The number of carbonyl (C=O) groups excluding carboxylic acids is 2. The molecular formula is C23H33N3O6S2. The molecule has 0 aliphatic carbocycles. The third-order valence-corrected chi connectivity index (χ3v) is 8.37. The van der Waals surface area contributed by atoms with Gasteiger partial charge in [-0.3, -0.25) is 4.79 Å². The Hall–Kier alpha value is -2.27. The van der Waals surface area contributed by atoms with Crippen LogP contribution in [0.25, 0.3) is 0 Å². The molecular weight excluding hydrogens is 478 g/mol. The Labute approximate surface area is 205 Å². The highest BCUT2D eigenvalue weighted by Gasteiger charge is 2.49. The molecule has 1 aromatic rings. The number of hydrogen-bond donors (Lipinski definition) is 1. The molecule has 2 aliphatic heterocycles. The van der Waals surface area contributed by atoms with Gasteiger partial charge in [0, 0.05) is 30.0 Å². The van der Waals surface area contributed by atoms with E-state index < -0.39 is 27.4 Å². The van der Waals surface area contributed by atoms with Gasteiger partial charge in [-0.1, -0.05) is 31.2 Å². The molecule has 0 saturated carbocycles. The monoisotopic (exact) mass is 511 g/mol. The maximum Gasteiger partial charge on any atom is 0.407 e. The fourth-order valence-corrected chi connectivity index (χ4v) is 7.60. The van der Waals surface area contributed by atoms with Crippen LogP contribution >= 0.6 is 11.8 Å². The Morgan fingerprint density at radius 2 is 2.03 bits per heavy atom. The average Bonchev–Trinajstić information content (AvgIpc) is 3.17. The van der Waals surface area contributed by atoms with Crippen molar-refractivity contribution in [3.05, 3.63) is 24.3 Å². The minimum Gasteiger partial charge on any atom is -0.494 e. The maximum absolute atomic E-state index is 12.6. The number of hydrogen-bond acceptors (Lipinski definition) is 7. The Morgan fingerprint density at radius 1 is 1.26 bits per heavy atom. The second-order valence-electron chi connectivity index (χ2n) is 9.34. The SMILES string of the molecule is CCCCOc1cccc(N2C(=NC(=O)CCNC(=O)OC(C)(C)C)S[C@H]3CS(=O)(=O)C[C@@H]32)c1. The molecule has 2 aliphatic rings. The van der Waals surface area contributed by atoms with E-state index in [0.717, 1.165) is 18.5 Å². The summed E-state index contributed by atoms with van der Waals surface area (Å²) in [6.45, 7) is 8.06. The van der Waals surface area contributed by atoms with Crippen LogP contribution in [0.5, 0.6) is 5.75 Å². The van der Waals surface area contributed by atoms with E-state index >= 15 is 0 Å². The van der Waals surface area contributed by atoms with Crippen molar-refractivity contribution >= 4 is 44.5 Å². The van der Waals surface area contributed by atoms with Crippen molar-refractivity contribution in [3.63, 3.8) is 0 Å². The number of nitrogens with zero attached hydrogens (tertiary/aromatic N) is 2. The van der Waals surface area contributed by atoms with Crippen LogP contribution in [0.3, 0.4) is 0 Å². The summed E-state index contributed by atoms with van der Waals surface area (Å²) in [4.78, 5) is 30.5. The molecule has 0 bridgehead atoms. The summed E-state index contributed by atoms with van der Waals surface area (Å²) in [5.74, 6) is 0.354. The Bertz CT molecular complexity index is 1040. The zero-order valence-electron chi connectivity index (χ0n) is 20.1. The molecule has 0 spiro atoms. The number of aliphatic imine (C=N–C) groups is 1. The topological polar surface area (TPSA) is 114 Å². The fourth-order valence-electron chi connectivity index (χ4n) is 3.67. The number of sulfone groups is 1. The first-order valence-electron chi connectivity index (χ1n) is 11.4. The predicted molar refractivity (Wildman–Crippen MR) is 134 cm³/mol. The Morgan fingerprint density at radius 3 is 2.74 bits per heavy atom. The molecule has 1 N–H and O–H groups in total. The third kappa shape index (κ3) is 7.36. The van der Waals surface area contributed by atoms with Crippen LogP contribution in [0.4, 0.5) is 10.5 Å². The van der Waals surface area contributed by atoms with Crippen LogP contribution in [0, 0.1) is 0 Å². The fraction of sp³-hybridized carbons (Fsp3) is 0.609. The van der Waals surface area contributed by atoms with Crippen LogP contribution in [-0.2, 0) is 19.4 Å². The zero-order chi connectivity index (χ0) is 24.9. The van der Waals surface area contributed by atoms with Gasteiger partial charge in [0.1, 0.15) is 11.4 Å². The minimum atomic E-state index is -3.16. The van der Waals surface area contributed by atoms with Crippen LogP contribution in [-0.4, -0.2) is 67.1 Å². The molecule has 2 fully saturated rings. The number of thioether (sulfide) groups is 1. The zero-order valence-corrected chi connectivity index (χ0v) is 21.7. The molecule has 188 valence electrons. The molecule has 2 heterocycles. The summed E-state index contributed by atoms with van der Waals surface area (Å²) in [7, 11) is -3.16. The summed E-state index contributed by atoms with van der Waals surface area (Å²) in [6, 6.07) is 7.13. The van der Waals surface area contributed by atoms with Crippen molar-refractivity contribution in [3.8, 4) is 5.75 Å². The predicted octanol–water partition coefficient (Wildman–Crippen LogP) is 3.38. The van der Waals surface area contributed by atoms with Gasteiger partial charge in [-0.2, -0.15) is 4.99 Å². The molecule has 34 heavy (non-hydrogen) atoms. The van der Waals surface area contributed by atoms with Gasteiger partial charge in [0.05, 0.1) is 24.2 Å². The highest BCUT2D eigenvalue weighted by molar-refractivity contribution is 8.16. The number of fused-ring (bicyclic) bond motifs is 1. The molecule has 2 amide bonds. The number of ether oxygens (including phenoxy) is 2. The van der Waals surface area contributed by atoms with Gasteiger partial charge in [0.15, 0.2) is 15.0 Å². The lowest BCUT2D eigenvalue weighted by Gasteiger charge is -2.25. The lowest BCUT2D eigenvalue weighted by Crippen LogP contribution is -2.38. The summed E-state index contributed by atoms with van der Waals surface area (Å²) < 4.78 is 35.5. The number of nitrogens with one attached hydrogen (secondary N) is 1. The molecule has 11 heteroatoms. The molecule has 2 saturated heterocycles. The summed E-state index contributed by atoms with van der Waals surface area (Å²) in [5.41, 5.74) is 0.118. The largest absolute Gasteiger partial charge is 0.494 e. The van der Waals surface area contributed by atoms with Crippen molar-refractivity contribution in [2.45, 2.75) is 63.9 Å². The van der Waals surface area contributed by atoms with Crippen LogP contribution in [0.15, 0.2) is 29.3 Å². The smallest absolute Gasteiger partial charge is 0.407 e. The maximum atomic E-state index is 12.6. The van der Waals surface area contributed by atoms with E-state index in [1.165, 1.54) is 11.8 Å². The molecule has 2 atom stereocenters. The van der Waals surface area contributed by atoms with E-state index in [2.05, 4.69) is 17.2 Å². The van der Waals surface area contributed by atoms with Crippen molar-refractivity contribution < 1.29 is 27.5 Å². The third-order valence-electron chi connectivity index (χ3n) is 5.16. The second kappa shape index (κ2) is 11.0. The normalized spacial score (nSPS) is 22.5. The van der Waals surface area contributed by atoms with E-state index in [4.69, 9.17) is 9.47 Å². The number of amidine groups is 1. The van der Waals surface area contributed by atoms with Gasteiger partial charge in [0.2, 0.25) is 5.91 Å². The van der Waals surface area contributed by atoms with E-state index in [1.807, 2.05) is 29.2 Å². The molecule has 9 nitrogen and oxygen atoms in total. The van der Waals surface area contributed by atoms with Crippen molar-refractivity contribution in [2.24, 2.45) is 4.99 Å². The first-order chi connectivity index (χ1) is 16.0. The van der Waals surface area contributed by atoms with Gasteiger partial charge < -0.3 is 19.7 Å². The lowest BCUT2D eigenvalue weighted by molar-refractivity contribution is -0.117. The summed E-state index contributed by atoms with van der Waals surface area (Å²) in [6.07, 6.45) is 1.37. The Kier molecular flexibility index (Phi) is 8.51.